The van der Waals surface area contributed by atoms with Crippen LogP contribution in [0.3, 0.4) is 0 Å². The van der Waals surface area contributed by atoms with E-state index >= 15 is 0 Å². The topological polar surface area (TPSA) is 64.3 Å². The zero-order valence-electron chi connectivity index (χ0n) is 14.0. The van der Waals surface area contributed by atoms with Gasteiger partial charge in [0, 0.05) is 13.1 Å². The number of hydrogen-bond donors (Lipinski definition) is 1. The third kappa shape index (κ3) is 3.55. The van der Waals surface area contributed by atoms with E-state index < -0.39 is 0 Å². The third-order valence-electron chi connectivity index (χ3n) is 4.32. The first-order valence-electron chi connectivity index (χ1n) is 8.14. The second-order valence-electron chi connectivity index (χ2n) is 6.51. The maximum atomic E-state index is 6.28. The zero-order valence-corrected chi connectivity index (χ0v) is 14.0. The van der Waals surface area contributed by atoms with Crippen LogP contribution in [0.5, 0.6) is 11.6 Å². The van der Waals surface area contributed by atoms with E-state index in [1.165, 1.54) is 6.33 Å². The number of hydrogen-bond acceptors (Lipinski definition) is 5. The number of aromatic nitrogens is 2. The van der Waals surface area contributed by atoms with E-state index in [0.717, 1.165) is 54.5 Å². The van der Waals surface area contributed by atoms with E-state index in [2.05, 4.69) is 27.9 Å². The van der Waals surface area contributed by atoms with Gasteiger partial charge in [0.1, 0.15) is 17.8 Å². The first-order valence-corrected chi connectivity index (χ1v) is 8.14. The van der Waals surface area contributed by atoms with Gasteiger partial charge in [-0.25, -0.2) is 4.98 Å². The van der Waals surface area contributed by atoms with Crippen molar-refractivity contribution in [1.29, 1.82) is 0 Å². The Morgan fingerprint density at radius 2 is 1.74 bits per heavy atom. The lowest BCUT2D eigenvalue weighted by atomic mass is 9.99. The molecule has 3 rings (SSSR count). The molecule has 1 fully saturated rings. The monoisotopic (exact) mass is 312 g/mol. The number of aryl methyl sites for hydroxylation is 2. The molecule has 1 aliphatic rings. The second-order valence-corrected chi connectivity index (χ2v) is 6.51. The fourth-order valence-electron chi connectivity index (χ4n) is 3.03. The maximum absolute atomic E-state index is 6.28. The van der Waals surface area contributed by atoms with Crippen LogP contribution in [0.2, 0.25) is 0 Å². The van der Waals surface area contributed by atoms with Crippen molar-refractivity contribution >= 4 is 11.5 Å². The smallest absolute Gasteiger partial charge is 0.248 e. The first-order chi connectivity index (χ1) is 11.0. The van der Waals surface area contributed by atoms with Crippen molar-refractivity contribution < 1.29 is 4.74 Å². The maximum Gasteiger partial charge on any atom is 0.248 e. The van der Waals surface area contributed by atoms with Gasteiger partial charge in [-0.05, 0) is 55.9 Å². The minimum Gasteiger partial charge on any atom is -0.437 e. The molecule has 0 atom stereocenters. The van der Waals surface area contributed by atoms with Crippen molar-refractivity contribution in [1.82, 2.24) is 9.97 Å². The number of nitrogen functional groups attached to an aromatic ring is 1. The molecule has 0 aliphatic carbocycles. The fraction of sp³-hybridized carbons (Fsp3) is 0.444. The van der Waals surface area contributed by atoms with Crippen LogP contribution < -0.4 is 15.4 Å². The summed E-state index contributed by atoms with van der Waals surface area (Å²) in [6, 6.07) is 6.07. The molecule has 5 heteroatoms. The molecule has 0 spiro atoms. The van der Waals surface area contributed by atoms with Gasteiger partial charge in [-0.3, -0.25) is 0 Å². The molecular weight excluding hydrogens is 288 g/mol. The summed E-state index contributed by atoms with van der Waals surface area (Å²) in [6.07, 6.45) is 3.86. The highest BCUT2D eigenvalue weighted by Crippen LogP contribution is 2.33. The summed E-state index contributed by atoms with van der Waals surface area (Å²) in [7, 11) is 0. The van der Waals surface area contributed by atoms with Gasteiger partial charge in [-0.15, -0.1) is 0 Å². The van der Waals surface area contributed by atoms with Crippen LogP contribution in [0.15, 0.2) is 24.5 Å². The van der Waals surface area contributed by atoms with E-state index in [1.54, 1.807) is 0 Å². The molecule has 5 nitrogen and oxygen atoms in total. The molecule has 2 N–H and O–H groups in total. The normalized spacial score (nSPS) is 15.7. The molecule has 0 saturated carbocycles. The molecular formula is C18H24N4O. The molecule has 0 amide bonds. The Bertz CT molecular complexity index is 673. The Morgan fingerprint density at radius 1 is 1.09 bits per heavy atom. The highest BCUT2D eigenvalue weighted by Gasteiger charge is 2.21. The SMILES string of the molecule is Cc1cc(C)cc(Oc2ncnc(N3CCC(C)CC3)c2N)c1. The number of piperidine rings is 1. The zero-order chi connectivity index (χ0) is 16.4. The summed E-state index contributed by atoms with van der Waals surface area (Å²) in [5, 5.41) is 0. The van der Waals surface area contributed by atoms with Crippen molar-refractivity contribution in [2.75, 3.05) is 23.7 Å². The molecule has 0 radical (unpaired) electrons. The van der Waals surface area contributed by atoms with Gasteiger partial charge >= 0.3 is 0 Å². The van der Waals surface area contributed by atoms with Gasteiger partial charge in [-0.1, -0.05) is 13.0 Å². The Kier molecular flexibility index (Phi) is 4.37. The van der Waals surface area contributed by atoms with Crippen LogP contribution in [0.25, 0.3) is 0 Å². The minimum atomic E-state index is 0.429. The predicted molar refractivity (Wildman–Crippen MR) is 93.0 cm³/mol. The van der Waals surface area contributed by atoms with E-state index in [-0.39, 0.29) is 0 Å². The van der Waals surface area contributed by atoms with E-state index in [4.69, 9.17) is 10.5 Å². The van der Waals surface area contributed by atoms with Gasteiger partial charge in [0.2, 0.25) is 5.88 Å². The molecule has 0 unspecified atom stereocenters. The van der Waals surface area contributed by atoms with Crippen LogP contribution in [0.4, 0.5) is 11.5 Å². The molecule has 23 heavy (non-hydrogen) atoms. The quantitative estimate of drug-likeness (QED) is 0.936. The van der Waals surface area contributed by atoms with Crippen molar-refractivity contribution in [3.05, 3.63) is 35.7 Å². The molecule has 2 aromatic rings. The van der Waals surface area contributed by atoms with Crippen molar-refractivity contribution in [3.63, 3.8) is 0 Å². The minimum absolute atomic E-state index is 0.429. The van der Waals surface area contributed by atoms with E-state index in [0.29, 0.717) is 11.6 Å². The molecule has 122 valence electrons. The lowest BCUT2D eigenvalue weighted by Gasteiger charge is -2.31. The average molecular weight is 312 g/mol. The summed E-state index contributed by atoms with van der Waals surface area (Å²) in [5.74, 6) is 2.73. The molecule has 1 saturated heterocycles. The fourth-order valence-corrected chi connectivity index (χ4v) is 3.03. The number of nitrogens with zero attached hydrogens (tertiary/aromatic N) is 3. The largest absolute Gasteiger partial charge is 0.437 e. The van der Waals surface area contributed by atoms with Gasteiger partial charge in [0.05, 0.1) is 0 Å². The highest BCUT2D eigenvalue weighted by atomic mass is 16.5. The van der Waals surface area contributed by atoms with Crippen molar-refractivity contribution in [2.24, 2.45) is 5.92 Å². The number of nitrogens with two attached hydrogens (primary N) is 1. The molecule has 2 heterocycles. The Hall–Kier alpha value is -2.30. The van der Waals surface area contributed by atoms with Gasteiger partial charge in [-0.2, -0.15) is 4.98 Å². The van der Waals surface area contributed by atoms with Gasteiger partial charge in [0.15, 0.2) is 5.82 Å². The Balaban J connectivity index is 1.84. The highest BCUT2D eigenvalue weighted by molar-refractivity contribution is 5.68. The van der Waals surface area contributed by atoms with Crippen LogP contribution in [0.1, 0.15) is 30.9 Å². The molecule has 0 bridgehead atoms. The lowest BCUT2D eigenvalue weighted by Crippen LogP contribution is -2.34. The molecule has 1 aromatic heterocycles. The number of benzene rings is 1. The average Bonchev–Trinajstić information content (AvgIpc) is 2.49. The Morgan fingerprint density at radius 3 is 2.39 bits per heavy atom. The lowest BCUT2D eigenvalue weighted by molar-refractivity contribution is 0.434. The predicted octanol–water partition coefficient (Wildman–Crippen LogP) is 3.70. The summed E-state index contributed by atoms with van der Waals surface area (Å²) in [5.41, 5.74) is 9.10. The van der Waals surface area contributed by atoms with Crippen LogP contribution >= 0.6 is 0 Å². The number of anilines is 2. The van der Waals surface area contributed by atoms with Crippen molar-refractivity contribution in [2.45, 2.75) is 33.6 Å². The molecule has 1 aromatic carbocycles. The van der Waals surface area contributed by atoms with Crippen LogP contribution in [-0.4, -0.2) is 23.1 Å². The number of rotatable bonds is 3. The van der Waals surface area contributed by atoms with Crippen LogP contribution in [0, 0.1) is 19.8 Å². The summed E-state index contributed by atoms with van der Waals surface area (Å²) >= 11 is 0. The van der Waals surface area contributed by atoms with Gasteiger partial charge in [0.25, 0.3) is 0 Å². The van der Waals surface area contributed by atoms with Crippen LogP contribution in [-0.2, 0) is 0 Å². The second kappa shape index (κ2) is 6.44. The number of ether oxygens (including phenoxy) is 1. The van der Waals surface area contributed by atoms with E-state index in [1.807, 2.05) is 26.0 Å². The summed E-state index contributed by atoms with van der Waals surface area (Å²) < 4.78 is 5.92. The van der Waals surface area contributed by atoms with E-state index in [9.17, 15) is 0 Å². The Labute approximate surface area is 137 Å². The summed E-state index contributed by atoms with van der Waals surface area (Å²) in [6.45, 7) is 8.33. The van der Waals surface area contributed by atoms with Gasteiger partial charge < -0.3 is 15.4 Å². The van der Waals surface area contributed by atoms with Crippen molar-refractivity contribution in [3.8, 4) is 11.6 Å². The first kappa shape index (κ1) is 15.6. The molecule has 1 aliphatic heterocycles. The summed E-state index contributed by atoms with van der Waals surface area (Å²) in [4.78, 5) is 10.8. The third-order valence-corrected chi connectivity index (χ3v) is 4.32. The standard InChI is InChI=1S/C18H24N4O/c1-12-4-6-22(7-5-12)17-16(19)18(21-11-20-17)23-15-9-13(2)8-14(3)10-15/h8-12H,4-7,19H2,1-3H3.